The third-order valence-electron chi connectivity index (χ3n) is 2.54. The van der Waals surface area contributed by atoms with E-state index in [0.717, 1.165) is 6.42 Å². The molecule has 1 amide bonds. The molecule has 0 aromatic rings. The van der Waals surface area contributed by atoms with Crippen molar-refractivity contribution in [3.05, 3.63) is 0 Å². The first-order chi connectivity index (χ1) is 6.50. The summed E-state index contributed by atoms with van der Waals surface area (Å²) in [5.41, 5.74) is 0. The SMILES string of the molecule is CC(C)CCN1C[C@@H](C(=O)O)CC1=O. The Morgan fingerprint density at radius 1 is 1.64 bits per heavy atom. The number of likely N-dealkylation sites (tertiary alicyclic amines) is 1. The maximum Gasteiger partial charge on any atom is 0.308 e. The number of hydrogen-bond donors (Lipinski definition) is 1. The fourth-order valence-corrected chi connectivity index (χ4v) is 1.57. The van der Waals surface area contributed by atoms with Crippen molar-refractivity contribution in [3.8, 4) is 0 Å². The molecule has 0 aliphatic carbocycles. The second-order valence-corrected chi connectivity index (χ2v) is 4.26. The average molecular weight is 199 g/mol. The van der Waals surface area contributed by atoms with E-state index in [-0.39, 0.29) is 12.3 Å². The van der Waals surface area contributed by atoms with Gasteiger partial charge in [-0.15, -0.1) is 0 Å². The van der Waals surface area contributed by atoms with E-state index >= 15 is 0 Å². The summed E-state index contributed by atoms with van der Waals surface area (Å²) in [4.78, 5) is 23.7. The molecule has 1 saturated heterocycles. The van der Waals surface area contributed by atoms with Gasteiger partial charge in [0.2, 0.25) is 5.91 Å². The first-order valence-corrected chi connectivity index (χ1v) is 5.01. The quantitative estimate of drug-likeness (QED) is 0.733. The first kappa shape index (κ1) is 11.0. The monoisotopic (exact) mass is 199 g/mol. The predicted octanol–water partition coefficient (Wildman–Crippen LogP) is 0.966. The molecule has 1 fully saturated rings. The summed E-state index contributed by atoms with van der Waals surface area (Å²) in [6, 6.07) is 0. The molecule has 1 heterocycles. The van der Waals surface area contributed by atoms with Crippen LogP contribution in [0.4, 0.5) is 0 Å². The van der Waals surface area contributed by atoms with Gasteiger partial charge in [-0.3, -0.25) is 9.59 Å². The Balaban J connectivity index is 2.41. The van der Waals surface area contributed by atoms with E-state index in [1.54, 1.807) is 4.90 Å². The minimum atomic E-state index is -0.856. The number of carbonyl (C=O) groups excluding carboxylic acids is 1. The van der Waals surface area contributed by atoms with Gasteiger partial charge in [0.25, 0.3) is 0 Å². The molecule has 80 valence electrons. The highest BCUT2D eigenvalue weighted by Gasteiger charge is 2.33. The lowest BCUT2D eigenvalue weighted by Crippen LogP contribution is -2.28. The molecule has 4 nitrogen and oxygen atoms in total. The van der Waals surface area contributed by atoms with Gasteiger partial charge in [0.05, 0.1) is 5.92 Å². The van der Waals surface area contributed by atoms with Crippen molar-refractivity contribution >= 4 is 11.9 Å². The summed E-state index contributed by atoms with van der Waals surface area (Å²) < 4.78 is 0. The van der Waals surface area contributed by atoms with Crippen LogP contribution in [-0.4, -0.2) is 35.0 Å². The molecule has 0 radical (unpaired) electrons. The van der Waals surface area contributed by atoms with Gasteiger partial charge in [0, 0.05) is 19.5 Å². The maximum absolute atomic E-state index is 11.4. The molecule has 1 N–H and O–H groups in total. The Morgan fingerprint density at radius 2 is 2.29 bits per heavy atom. The van der Waals surface area contributed by atoms with Crippen molar-refractivity contribution in [3.63, 3.8) is 0 Å². The summed E-state index contributed by atoms with van der Waals surface area (Å²) in [5, 5.41) is 8.75. The van der Waals surface area contributed by atoms with Crippen LogP contribution >= 0.6 is 0 Å². The van der Waals surface area contributed by atoms with Crippen molar-refractivity contribution < 1.29 is 14.7 Å². The van der Waals surface area contributed by atoms with Crippen LogP contribution in [-0.2, 0) is 9.59 Å². The van der Waals surface area contributed by atoms with Gasteiger partial charge < -0.3 is 10.0 Å². The zero-order valence-corrected chi connectivity index (χ0v) is 8.69. The van der Waals surface area contributed by atoms with Crippen molar-refractivity contribution in [1.82, 2.24) is 4.90 Å². The second-order valence-electron chi connectivity index (χ2n) is 4.26. The van der Waals surface area contributed by atoms with Gasteiger partial charge in [0.15, 0.2) is 0 Å². The molecule has 0 aromatic carbocycles. The number of aliphatic carboxylic acids is 1. The van der Waals surface area contributed by atoms with Gasteiger partial charge >= 0.3 is 5.97 Å². The molecule has 14 heavy (non-hydrogen) atoms. The first-order valence-electron chi connectivity index (χ1n) is 5.01. The van der Waals surface area contributed by atoms with Gasteiger partial charge in [-0.1, -0.05) is 13.8 Å². The standard InChI is InChI=1S/C10H17NO3/c1-7(2)3-4-11-6-8(10(13)14)5-9(11)12/h7-8H,3-6H2,1-2H3,(H,13,14)/t8-/m0/s1. The lowest BCUT2D eigenvalue weighted by atomic mass is 10.1. The van der Waals surface area contributed by atoms with Crippen LogP contribution < -0.4 is 0 Å². The molecule has 0 saturated carbocycles. The van der Waals surface area contributed by atoms with Gasteiger partial charge in [0.1, 0.15) is 0 Å². The van der Waals surface area contributed by atoms with Crippen molar-refractivity contribution in [1.29, 1.82) is 0 Å². The van der Waals surface area contributed by atoms with Gasteiger partial charge in [-0.25, -0.2) is 0 Å². The molecular weight excluding hydrogens is 182 g/mol. The zero-order chi connectivity index (χ0) is 10.7. The topological polar surface area (TPSA) is 57.6 Å². The molecule has 0 spiro atoms. The van der Waals surface area contributed by atoms with Gasteiger partial charge in [-0.05, 0) is 12.3 Å². The van der Waals surface area contributed by atoms with E-state index in [1.165, 1.54) is 0 Å². The molecule has 0 bridgehead atoms. The number of carboxylic acid groups (broad SMARTS) is 1. The number of rotatable bonds is 4. The van der Waals surface area contributed by atoms with Crippen LogP contribution in [0.1, 0.15) is 26.7 Å². The van der Waals surface area contributed by atoms with Crippen LogP contribution in [0.15, 0.2) is 0 Å². The van der Waals surface area contributed by atoms with Crippen LogP contribution in [0, 0.1) is 11.8 Å². The number of amides is 1. The van der Waals surface area contributed by atoms with Gasteiger partial charge in [-0.2, -0.15) is 0 Å². The summed E-state index contributed by atoms with van der Waals surface area (Å²) in [6.07, 6.45) is 1.12. The van der Waals surface area contributed by atoms with E-state index in [1.807, 2.05) is 0 Å². The smallest absolute Gasteiger partial charge is 0.308 e. The van der Waals surface area contributed by atoms with Crippen molar-refractivity contribution in [2.45, 2.75) is 26.7 Å². The summed E-state index contributed by atoms with van der Waals surface area (Å²) in [7, 11) is 0. The molecular formula is C10H17NO3. The summed E-state index contributed by atoms with van der Waals surface area (Å²) in [5.74, 6) is -0.815. The highest BCUT2D eigenvalue weighted by Crippen LogP contribution is 2.18. The third-order valence-corrected chi connectivity index (χ3v) is 2.54. The average Bonchev–Trinajstić information content (AvgIpc) is 2.43. The molecule has 1 rings (SSSR count). The molecule has 1 aliphatic heterocycles. The Labute approximate surface area is 83.9 Å². The zero-order valence-electron chi connectivity index (χ0n) is 8.69. The molecule has 4 heteroatoms. The second kappa shape index (κ2) is 4.44. The van der Waals surface area contributed by atoms with E-state index < -0.39 is 11.9 Å². The normalized spacial score (nSPS) is 22.1. The van der Waals surface area contributed by atoms with Crippen LogP contribution in [0.5, 0.6) is 0 Å². The van der Waals surface area contributed by atoms with Crippen molar-refractivity contribution in [2.24, 2.45) is 11.8 Å². The number of hydrogen-bond acceptors (Lipinski definition) is 2. The fraction of sp³-hybridized carbons (Fsp3) is 0.800. The van der Waals surface area contributed by atoms with E-state index in [4.69, 9.17) is 5.11 Å². The Hall–Kier alpha value is -1.06. The van der Waals surface area contributed by atoms with Crippen LogP contribution in [0.3, 0.4) is 0 Å². The maximum atomic E-state index is 11.4. The highest BCUT2D eigenvalue weighted by atomic mass is 16.4. The van der Waals surface area contributed by atoms with E-state index in [9.17, 15) is 9.59 Å². The molecule has 0 aromatic heterocycles. The fourth-order valence-electron chi connectivity index (χ4n) is 1.57. The lowest BCUT2D eigenvalue weighted by Gasteiger charge is -2.16. The van der Waals surface area contributed by atoms with Crippen molar-refractivity contribution in [2.75, 3.05) is 13.1 Å². The molecule has 1 aliphatic rings. The summed E-state index contributed by atoms with van der Waals surface area (Å²) >= 11 is 0. The Morgan fingerprint density at radius 3 is 2.71 bits per heavy atom. The third kappa shape index (κ3) is 2.72. The number of carbonyl (C=O) groups is 2. The van der Waals surface area contributed by atoms with E-state index in [0.29, 0.717) is 19.0 Å². The number of nitrogens with zero attached hydrogens (tertiary/aromatic N) is 1. The Kier molecular flexibility index (Phi) is 3.49. The van der Waals surface area contributed by atoms with E-state index in [2.05, 4.69) is 13.8 Å². The van der Waals surface area contributed by atoms with Crippen LogP contribution in [0.25, 0.3) is 0 Å². The minimum Gasteiger partial charge on any atom is -0.481 e. The number of carboxylic acids is 1. The lowest BCUT2D eigenvalue weighted by molar-refractivity contribution is -0.141. The predicted molar refractivity (Wildman–Crippen MR) is 51.8 cm³/mol. The minimum absolute atomic E-state index is 0.0157. The largest absolute Gasteiger partial charge is 0.481 e. The molecule has 0 unspecified atom stereocenters. The summed E-state index contributed by atoms with van der Waals surface area (Å²) in [6.45, 7) is 5.27. The molecule has 1 atom stereocenters. The highest BCUT2D eigenvalue weighted by molar-refractivity contribution is 5.86. The van der Waals surface area contributed by atoms with Crippen LogP contribution in [0.2, 0.25) is 0 Å². The Bertz CT molecular complexity index is 238.